The molecule has 0 spiro atoms. The van der Waals surface area contributed by atoms with Crippen LogP contribution in [0.3, 0.4) is 0 Å². The Morgan fingerprint density at radius 1 is 1.20 bits per heavy atom. The fourth-order valence-electron chi connectivity index (χ4n) is 1.78. The van der Waals surface area contributed by atoms with Crippen LogP contribution in [-0.4, -0.2) is 12.5 Å². The van der Waals surface area contributed by atoms with E-state index < -0.39 is 0 Å². The van der Waals surface area contributed by atoms with E-state index in [0.717, 1.165) is 31.2 Å². The summed E-state index contributed by atoms with van der Waals surface area (Å²) >= 11 is 1.84. The monoisotopic (exact) mass is 291 g/mol. The topological polar surface area (TPSA) is 49.6 Å². The smallest absolute Gasteiger partial charge is 0.191 e. The van der Waals surface area contributed by atoms with Gasteiger partial charge in [-0.3, -0.25) is 0 Å². The van der Waals surface area contributed by atoms with Gasteiger partial charge in [-0.25, -0.2) is 4.99 Å². The number of aryl methyl sites for hydroxylation is 1. The van der Waals surface area contributed by atoms with Crippen LogP contribution in [0, 0.1) is 0 Å². The first-order valence-electron chi connectivity index (χ1n) is 6.94. The zero-order valence-corrected chi connectivity index (χ0v) is 12.8. The lowest BCUT2D eigenvalue weighted by atomic mass is 10.3. The molecule has 0 atom stereocenters. The first kappa shape index (κ1) is 14.7. The molecular weight excluding hydrogens is 270 g/mol. The largest absolute Gasteiger partial charge is 0.467 e. The number of aliphatic imine (C=N–C) groups is 1. The van der Waals surface area contributed by atoms with E-state index in [1.54, 1.807) is 6.26 Å². The molecule has 20 heavy (non-hydrogen) atoms. The van der Waals surface area contributed by atoms with Crippen LogP contribution in [0.5, 0.6) is 0 Å². The Balaban J connectivity index is 1.89. The Bertz CT molecular complexity index is 531. The van der Waals surface area contributed by atoms with Gasteiger partial charge in [-0.15, -0.1) is 11.3 Å². The van der Waals surface area contributed by atoms with Gasteiger partial charge in [0.05, 0.1) is 12.8 Å². The first-order chi connectivity index (χ1) is 9.81. The molecule has 4 nitrogen and oxygen atoms in total. The van der Waals surface area contributed by atoms with Crippen molar-refractivity contribution in [2.24, 2.45) is 4.99 Å². The van der Waals surface area contributed by atoms with Gasteiger partial charge < -0.3 is 15.1 Å². The van der Waals surface area contributed by atoms with Crippen molar-refractivity contribution in [3.8, 4) is 0 Å². The van der Waals surface area contributed by atoms with E-state index in [1.165, 1.54) is 9.75 Å². The number of nitrogens with one attached hydrogen (secondary N) is 2. The highest BCUT2D eigenvalue weighted by molar-refractivity contribution is 7.11. The molecule has 0 unspecified atom stereocenters. The standard InChI is InChI=1S/C15H21N3OS/c1-3-13-7-8-14(20-13)11-18-15(16-4-2)17-10-12-6-5-9-19-12/h5-9H,3-4,10-11H2,1-2H3,(H2,16,17,18). The predicted octanol–water partition coefficient (Wildman–Crippen LogP) is 3.16. The van der Waals surface area contributed by atoms with Gasteiger partial charge in [-0.2, -0.15) is 0 Å². The van der Waals surface area contributed by atoms with Gasteiger partial charge in [-0.1, -0.05) is 6.92 Å². The van der Waals surface area contributed by atoms with Crippen LogP contribution in [0.4, 0.5) is 0 Å². The van der Waals surface area contributed by atoms with Crippen molar-refractivity contribution in [2.45, 2.75) is 33.4 Å². The third-order valence-electron chi connectivity index (χ3n) is 2.81. The van der Waals surface area contributed by atoms with Crippen LogP contribution in [0.1, 0.15) is 29.4 Å². The number of hydrogen-bond donors (Lipinski definition) is 2. The van der Waals surface area contributed by atoms with Crippen molar-refractivity contribution >= 4 is 17.3 Å². The average molecular weight is 291 g/mol. The normalized spacial score (nSPS) is 11.6. The molecule has 0 aromatic carbocycles. The number of furan rings is 1. The zero-order valence-electron chi connectivity index (χ0n) is 12.0. The molecule has 2 aromatic heterocycles. The van der Waals surface area contributed by atoms with Crippen LogP contribution in [0.25, 0.3) is 0 Å². The maximum Gasteiger partial charge on any atom is 0.191 e. The van der Waals surface area contributed by atoms with Crippen molar-refractivity contribution in [1.29, 1.82) is 0 Å². The molecule has 2 rings (SSSR count). The van der Waals surface area contributed by atoms with E-state index in [2.05, 4.69) is 41.6 Å². The van der Waals surface area contributed by atoms with Gasteiger partial charge in [0.25, 0.3) is 0 Å². The second kappa shape index (κ2) is 7.75. The van der Waals surface area contributed by atoms with Crippen LogP contribution in [-0.2, 0) is 19.5 Å². The maximum absolute atomic E-state index is 5.28. The minimum absolute atomic E-state index is 0.549. The quantitative estimate of drug-likeness (QED) is 0.635. The molecule has 0 saturated carbocycles. The Morgan fingerprint density at radius 3 is 2.70 bits per heavy atom. The molecule has 0 aliphatic heterocycles. The van der Waals surface area contributed by atoms with Crippen molar-refractivity contribution < 1.29 is 4.42 Å². The Morgan fingerprint density at radius 2 is 2.05 bits per heavy atom. The van der Waals surface area contributed by atoms with Crippen molar-refractivity contribution in [2.75, 3.05) is 6.54 Å². The lowest BCUT2D eigenvalue weighted by molar-refractivity contribution is 0.512. The predicted molar refractivity (Wildman–Crippen MR) is 84.1 cm³/mol. The summed E-state index contributed by atoms with van der Waals surface area (Å²) in [6.07, 6.45) is 2.76. The summed E-state index contributed by atoms with van der Waals surface area (Å²) in [7, 11) is 0. The highest BCUT2D eigenvalue weighted by Gasteiger charge is 2.02. The molecule has 0 fully saturated rings. The zero-order chi connectivity index (χ0) is 14.2. The Kier molecular flexibility index (Phi) is 5.68. The molecule has 0 saturated heterocycles. The lowest BCUT2D eigenvalue weighted by Crippen LogP contribution is -2.36. The second-order valence-corrected chi connectivity index (χ2v) is 5.60. The number of nitrogens with zero attached hydrogens (tertiary/aromatic N) is 1. The maximum atomic E-state index is 5.28. The number of hydrogen-bond acceptors (Lipinski definition) is 3. The van der Waals surface area contributed by atoms with Crippen molar-refractivity contribution in [1.82, 2.24) is 10.6 Å². The second-order valence-electron chi connectivity index (χ2n) is 4.35. The van der Waals surface area contributed by atoms with Crippen LogP contribution in [0.2, 0.25) is 0 Å². The summed E-state index contributed by atoms with van der Waals surface area (Å²) in [5.74, 6) is 1.68. The van der Waals surface area contributed by atoms with Crippen LogP contribution < -0.4 is 10.6 Å². The SMILES string of the molecule is CCNC(=NCc1ccco1)NCc1ccc(CC)s1. The lowest BCUT2D eigenvalue weighted by Gasteiger charge is -2.09. The minimum Gasteiger partial charge on any atom is -0.467 e. The van der Waals surface area contributed by atoms with Crippen LogP contribution >= 0.6 is 11.3 Å². The summed E-state index contributed by atoms with van der Waals surface area (Å²) < 4.78 is 5.28. The molecular formula is C15H21N3OS. The highest BCUT2D eigenvalue weighted by atomic mass is 32.1. The fourth-order valence-corrected chi connectivity index (χ4v) is 2.68. The van der Waals surface area contributed by atoms with Crippen molar-refractivity contribution in [3.05, 3.63) is 46.0 Å². The molecule has 0 radical (unpaired) electrons. The number of guanidine groups is 1. The van der Waals surface area contributed by atoms with E-state index in [9.17, 15) is 0 Å². The van der Waals surface area contributed by atoms with Gasteiger partial charge in [0.15, 0.2) is 5.96 Å². The molecule has 2 heterocycles. The van der Waals surface area contributed by atoms with Gasteiger partial charge in [0.2, 0.25) is 0 Å². The molecule has 0 aliphatic rings. The van der Waals surface area contributed by atoms with E-state index in [1.807, 2.05) is 23.5 Å². The summed E-state index contributed by atoms with van der Waals surface area (Å²) in [5.41, 5.74) is 0. The van der Waals surface area contributed by atoms with Gasteiger partial charge in [0.1, 0.15) is 12.3 Å². The number of thiophene rings is 1. The van der Waals surface area contributed by atoms with Crippen LogP contribution in [0.15, 0.2) is 39.9 Å². The highest BCUT2D eigenvalue weighted by Crippen LogP contribution is 2.16. The van der Waals surface area contributed by atoms with Gasteiger partial charge in [0, 0.05) is 16.3 Å². The van der Waals surface area contributed by atoms with Crippen molar-refractivity contribution in [3.63, 3.8) is 0 Å². The minimum atomic E-state index is 0.549. The molecule has 108 valence electrons. The third-order valence-corrected chi connectivity index (χ3v) is 4.04. The van der Waals surface area contributed by atoms with E-state index in [-0.39, 0.29) is 0 Å². The van der Waals surface area contributed by atoms with Gasteiger partial charge in [-0.05, 0) is 37.6 Å². The summed E-state index contributed by atoms with van der Waals surface area (Å²) in [6, 6.07) is 8.17. The summed E-state index contributed by atoms with van der Waals surface area (Å²) in [4.78, 5) is 7.24. The summed E-state index contributed by atoms with van der Waals surface area (Å²) in [6.45, 7) is 6.43. The first-order valence-corrected chi connectivity index (χ1v) is 7.75. The molecule has 0 bridgehead atoms. The molecule has 0 amide bonds. The molecule has 2 aromatic rings. The fraction of sp³-hybridized carbons (Fsp3) is 0.400. The average Bonchev–Trinajstić information content (AvgIpc) is 3.13. The molecule has 0 aliphatic carbocycles. The number of rotatable bonds is 6. The van der Waals surface area contributed by atoms with E-state index in [0.29, 0.717) is 6.54 Å². The van der Waals surface area contributed by atoms with E-state index in [4.69, 9.17) is 4.42 Å². The Labute approximate surface area is 123 Å². The molecule has 2 N–H and O–H groups in total. The Hall–Kier alpha value is -1.75. The third kappa shape index (κ3) is 4.42. The molecule has 5 heteroatoms. The van der Waals surface area contributed by atoms with Gasteiger partial charge >= 0.3 is 0 Å². The van der Waals surface area contributed by atoms with E-state index >= 15 is 0 Å². The summed E-state index contributed by atoms with van der Waals surface area (Å²) in [5, 5.41) is 6.58.